The van der Waals surface area contributed by atoms with Gasteiger partial charge in [0.05, 0.1) is 30.0 Å². The molecule has 10 nitrogen and oxygen atoms in total. The summed E-state index contributed by atoms with van der Waals surface area (Å²) in [7, 11) is 0. The number of ether oxygens (including phenoxy) is 2. The molecule has 0 aliphatic heterocycles. The minimum Gasteiger partial charge on any atom is -0.464 e. The van der Waals surface area contributed by atoms with Crippen molar-refractivity contribution < 1.29 is 19.4 Å². The fraction of sp³-hybridized carbons (Fsp3) is 0.441. The Bertz CT molecular complexity index is 1680. The lowest BCUT2D eigenvalue weighted by Gasteiger charge is -2.32. The zero-order valence-corrected chi connectivity index (χ0v) is 25.3. The molecule has 0 saturated heterocycles. The smallest absolute Gasteiger partial charge is 0.335 e. The molecule has 1 saturated carbocycles. The molecular weight excluding hydrogens is 558 g/mol. The van der Waals surface area contributed by atoms with Gasteiger partial charge in [-0.2, -0.15) is 15.3 Å². The third kappa shape index (κ3) is 6.59. The fourth-order valence-electron chi connectivity index (χ4n) is 6.18. The van der Waals surface area contributed by atoms with Gasteiger partial charge in [-0.05, 0) is 61.8 Å². The lowest BCUT2D eigenvalue weighted by atomic mass is 9.92. The Labute approximate surface area is 256 Å². The monoisotopic (exact) mass is 597 g/mol. The number of carbonyl (C=O) groups is 1. The Balaban J connectivity index is 1.41. The second-order valence-corrected chi connectivity index (χ2v) is 11.2. The standard InChI is InChI=1S/C34H39N5O5/c1-3-7-30-29(20-23-10-12-24(13-11-23)28-9-6-5-8-25(28)21-35)32(41)38(34-36-22-37-39(30)34)26-14-16-27(17-15-26)44-31(18-19-40)33(42)43-4-2/h5-6,8-13,22,26-27,31,40H,3-4,7,14-20H2,1-2H3. The highest BCUT2D eigenvalue weighted by Crippen LogP contribution is 2.32. The van der Waals surface area contributed by atoms with E-state index in [4.69, 9.17) is 9.47 Å². The van der Waals surface area contributed by atoms with Crippen LogP contribution in [0.15, 0.2) is 59.7 Å². The Morgan fingerprint density at radius 1 is 1.11 bits per heavy atom. The van der Waals surface area contributed by atoms with Gasteiger partial charge in [0.1, 0.15) is 6.33 Å². The second kappa shape index (κ2) is 14.4. The van der Waals surface area contributed by atoms with E-state index in [1.807, 2.05) is 53.0 Å². The van der Waals surface area contributed by atoms with E-state index in [0.717, 1.165) is 28.8 Å². The average molecular weight is 598 g/mol. The van der Waals surface area contributed by atoms with Crippen LogP contribution in [0, 0.1) is 11.3 Å². The van der Waals surface area contributed by atoms with E-state index in [1.165, 1.54) is 6.33 Å². The molecule has 0 bridgehead atoms. The number of aryl methyl sites for hydroxylation is 1. The molecule has 44 heavy (non-hydrogen) atoms. The van der Waals surface area contributed by atoms with E-state index >= 15 is 0 Å². The number of rotatable bonds is 12. The van der Waals surface area contributed by atoms with Crippen LogP contribution in [0.1, 0.15) is 80.8 Å². The topological polar surface area (TPSA) is 132 Å². The summed E-state index contributed by atoms with van der Waals surface area (Å²) in [6.07, 6.45) is 5.41. The summed E-state index contributed by atoms with van der Waals surface area (Å²) >= 11 is 0. The molecule has 2 aromatic heterocycles. The Morgan fingerprint density at radius 2 is 1.86 bits per heavy atom. The van der Waals surface area contributed by atoms with Crippen molar-refractivity contribution in [2.75, 3.05) is 13.2 Å². The van der Waals surface area contributed by atoms with Gasteiger partial charge in [-0.1, -0.05) is 55.8 Å². The highest BCUT2D eigenvalue weighted by atomic mass is 16.6. The first-order chi connectivity index (χ1) is 21.5. The summed E-state index contributed by atoms with van der Waals surface area (Å²) in [6.45, 7) is 3.92. The fourth-order valence-corrected chi connectivity index (χ4v) is 6.18. The highest BCUT2D eigenvalue weighted by Gasteiger charge is 2.31. The lowest BCUT2D eigenvalue weighted by Crippen LogP contribution is -2.37. The van der Waals surface area contributed by atoms with Crippen molar-refractivity contribution in [2.45, 2.75) is 83.5 Å². The molecule has 1 fully saturated rings. The van der Waals surface area contributed by atoms with E-state index in [2.05, 4.69) is 23.1 Å². The number of carbonyl (C=O) groups excluding carboxylic acids is 1. The van der Waals surface area contributed by atoms with E-state index in [0.29, 0.717) is 55.4 Å². The van der Waals surface area contributed by atoms with Crippen molar-refractivity contribution in [2.24, 2.45) is 0 Å². The van der Waals surface area contributed by atoms with Crippen LogP contribution in [0.25, 0.3) is 16.9 Å². The van der Waals surface area contributed by atoms with Gasteiger partial charge in [0.2, 0.25) is 5.78 Å². The van der Waals surface area contributed by atoms with Gasteiger partial charge < -0.3 is 14.6 Å². The van der Waals surface area contributed by atoms with Gasteiger partial charge in [-0.3, -0.25) is 9.36 Å². The lowest BCUT2D eigenvalue weighted by molar-refractivity contribution is -0.163. The molecular formula is C34H39N5O5. The van der Waals surface area contributed by atoms with Crippen LogP contribution in [0.3, 0.4) is 0 Å². The molecule has 1 aliphatic carbocycles. The molecule has 0 amide bonds. The minimum absolute atomic E-state index is 0.0538. The van der Waals surface area contributed by atoms with Crippen LogP contribution in [0.4, 0.5) is 0 Å². The zero-order chi connectivity index (χ0) is 31.1. The van der Waals surface area contributed by atoms with Gasteiger partial charge in [-0.25, -0.2) is 9.31 Å². The quantitative estimate of drug-likeness (QED) is 0.231. The normalized spacial score (nSPS) is 17.3. The maximum atomic E-state index is 14.3. The molecule has 2 aromatic carbocycles. The van der Waals surface area contributed by atoms with Crippen LogP contribution in [-0.2, 0) is 27.1 Å². The Hall–Kier alpha value is -4.33. The molecule has 1 atom stereocenters. The first-order valence-corrected chi connectivity index (χ1v) is 15.5. The second-order valence-electron chi connectivity index (χ2n) is 11.2. The molecule has 5 rings (SSSR count). The number of hydrogen-bond acceptors (Lipinski definition) is 8. The number of hydrogen-bond donors (Lipinski definition) is 1. The van der Waals surface area contributed by atoms with E-state index in [1.54, 1.807) is 11.5 Å². The molecule has 1 N–H and O–H groups in total. The van der Waals surface area contributed by atoms with Crippen molar-refractivity contribution in [1.29, 1.82) is 5.26 Å². The maximum Gasteiger partial charge on any atom is 0.335 e. The largest absolute Gasteiger partial charge is 0.464 e. The number of benzene rings is 2. The maximum absolute atomic E-state index is 14.3. The van der Waals surface area contributed by atoms with Crippen LogP contribution in [-0.4, -0.2) is 55.7 Å². The van der Waals surface area contributed by atoms with E-state index in [-0.39, 0.29) is 37.3 Å². The summed E-state index contributed by atoms with van der Waals surface area (Å²) in [6, 6.07) is 17.7. The summed E-state index contributed by atoms with van der Waals surface area (Å²) in [5.41, 5.74) is 4.97. The van der Waals surface area contributed by atoms with Gasteiger partial charge >= 0.3 is 5.97 Å². The number of nitriles is 1. The van der Waals surface area contributed by atoms with Crippen molar-refractivity contribution in [3.05, 3.63) is 87.6 Å². The zero-order valence-electron chi connectivity index (χ0n) is 25.3. The van der Waals surface area contributed by atoms with Crippen LogP contribution < -0.4 is 5.56 Å². The number of nitrogens with zero attached hydrogens (tertiary/aromatic N) is 5. The van der Waals surface area contributed by atoms with E-state index in [9.17, 15) is 20.0 Å². The first kappa shape index (κ1) is 31.1. The minimum atomic E-state index is -0.799. The Morgan fingerprint density at radius 3 is 2.55 bits per heavy atom. The summed E-state index contributed by atoms with van der Waals surface area (Å²) in [5.74, 6) is 0.0863. The van der Waals surface area contributed by atoms with Gasteiger partial charge in [-0.15, -0.1) is 0 Å². The molecule has 0 spiro atoms. The van der Waals surface area contributed by atoms with Crippen LogP contribution >= 0.6 is 0 Å². The number of aromatic nitrogens is 4. The molecule has 1 aliphatic rings. The van der Waals surface area contributed by atoms with Crippen LogP contribution in [0.5, 0.6) is 0 Å². The number of aliphatic hydroxyl groups excluding tert-OH is 1. The van der Waals surface area contributed by atoms with Crippen molar-refractivity contribution in [3.8, 4) is 17.2 Å². The molecule has 230 valence electrons. The van der Waals surface area contributed by atoms with Crippen molar-refractivity contribution in [3.63, 3.8) is 0 Å². The highest BCUT2D eigenvalue weighted by molar-refractivity contribution is 5.74. The van der Waals surface area contributed by atoms with E-state index < -0.39 is 12.1 Å². The van der Waals surface area contributed by atoms with Crippen LogP contribution in [0.2, 0.25) is 0 Å². The molecule has 4 aromatic rings. The molecule has 10 heteroatoms. The summed E-state index contributed by atoms with van der Waals surface area (Å²) in [4.78, 5) is 31.1. The summed E-state index contributed by atoms with van der Waals surface area (Å²) in [5, 5.41) is 23.5. The molecule has 0 radical (unpaired) electrons. The van der Waals surface area contributed by atoms with Gasteiger partial charge in [0, 0.05) is 31.1 Å². The number of fused-ring (bicyclic) bond motifs is 1. The number of esters is 1. The number of aliphatic hydroxyl groups is 1. The molecule has 2 heterocycles. The Kier molecular flexibility index (Phi) is 10.2. The first-order valence-electron chi connectivity index (χ1n) is 15.5. The predicted octanol–water partition coefficient (Wildman–Crippen LogP) is 4.79. The third-order valence-corrected chi connectivity index (χ3v) is 8.31. The predicted molar refractivity (Wildman–Crippen MR) is 165 cm³/mol. The SMILES string of the molecule is CCCc1c(Cc2ccc(-c3ccccc3C#N)cc2)c(=O)n(C2CCC(OC(CCO)C(=O)OCC)CC2)c2ncnn12. The van der Waals surface area contributed by atoms with Crippen molar-refractivity contribution >= 4 is 11.7 Å². The van der Waals surface area contributed by atoms with Gasteiger partial charge in [0.25, 0.3) is 5.56 Å². The average Bonchev–Trinajstić information content (AvgIpc) is 3.53. The molecule has 1 unspecified atom stereocenters. The van der Waals surface area contributed by atoms with Crippen molar-refractivity contribution in [1.82, 2.24) is 19.2 Å². The third-order valence-electron chi connectivity index (χ3n) is 8.31. The summed E-state index contributed by atoms with van der Waals surface area (Å²) < 4.78 is 14.8. The van der Waals surface area contributed by atoms with Gasteiger partial charge in [0.15, 0.2) is 6.10 Å².